The Bertz CT molecular complexity index is 300. The van der Waals surface area contributed by atoms with E-state index in [2.05, 4.69) is 25.7 Å². The summed E-state index contributed by atoms with van der Waals surface area (Å²) in [6.45, 7) is 0. The summed E-state index contributed by atoms with van der Waals surface area (Å²) in [5.74, 6) is -0.449. The van der Waals surface area contributed by atoms with E-state index >= 15 is 0 Å². The summed E-state index contributed by atoms with van der Waals surface area (Å²) in [6.07, 6.45) is 1.53. The third-order valence-electron chi connectivity index (χ3n) is 1.50. The number of ether oxygens (including phenoxy) is 1. The van der Waals surface area contributed by atoms with Crippen LogP contribution in [0.15, 0.2) is 18.3 Å². The number of rotatable bonds is 2. The van der Waals surface area contributed by atoms with Crippen molar-refractivity contribution in [3.8, 4) is 0 Å². The second kappa shape index (κ2) is 4.41. The molecule has 0 spiro atoms. The summed E-state index contributed by atoms with van der Waals surface area (Å²) in [4.78, 5) is 14.9. The lowest BCUT2D eigenvalue weighted by Crippen LogP contribution is -2.04. The summed E-state index contributed by atoms with van der Waals surface area (Å²) in [7, 11) is 6.85. The maximum absolute atomic E-state index is 11.0. The van der Waals surface area contributed by atoms with E-state index in [1.54, 1.807) is 12.1 Å². The van der Waals surface area contributed by atoms with E-state index in [0.29, 0.717) is 0 Å². The molecule has 1 aromatic heterocycles. The maximum atomic E-state index is 11.0. The van der Waals surface area contributed by atoms with Gasteiger partial charge in [0.1, 0.15) is 5.69 Å². The highest BCUT2D eigenvalue weighted by atomic mass is 79.9. The van der Waals surface area contributed by atoms with Crippen molar-refractivity contribution in [2.45, 2.75) is 4.73 Å². The standard InChI is InChI=1S/C8H7BBrNO2/c1-13-8(12)6-3-2-5(4-11-6)7(9)10/h2-4,7H,1H3. The SMILES string of the molecule is [B]C(Br)c1ccc(C(=O)OC)nc1. The van der Waals surface area contributed by atoms with Gasteiger partial charge in [0.05, 0.1) is 15.0 Å². The van der Waals surface area contributed by atoms with Crippen LogP contribution >= 0.6 is 15.9 Å². The largest absolute Gasteiger partial charge is 0.464 e. The number of carbonyl (C=O) groups excluding carboxylic acids is 1. The van der Waals surface area contributed by atoms with Crippen LogP contribution in [0.4, 0.5) is 0 Å². The Morgan fingerprint density at radius 3 is 2.77 bits per heavy atom. The summed E-state index contributed by atoms with van der Waals surface area (Å²) < 4.78 is 4.23. The summed E-state index contributed by atoms with van der Waals surface area (Å²) in [5.41, 5.74) is 1.09. The average molecular weight is 240 g/mol. The minimum absolute atomic E-state index is 0.258. The van der Waals surface area contributed by atoms with Gasteiger partial charge in [-0.1, -0.05) is 22.0 Å². The molecule has 2 radical (unpaired) electrons. The molecule has 0 aliphatic heterocycles. The number of halogens is 1. The lowest BCUT2D eigenvalue weighted by atomic mass is 9.98. The molecule has 0 N–H and O–H groups in total. The van der Waals surface area contributed by atoms with Gasteiger partial charge in [-0.2, -0.15) is 0 Å². The first-order valence-corrected chi connectivity index (χ1v) is 4.50. The van der Waals surface area contributed by atoms with Gasteiger partial charge in [0, 0.05) is 10.9 Å². The number of alkyl halides is 1. The summed E-state index contributed by atoms with van der Waals surface area (Å²) in [6, 6.07) is 3.29. The Hall–Kier alpha value is -0.835. The van der Waals surface area contributed by atoms with E-state index in [9.17, 15) is 4.79 Å². The molecule has 1 aromatic rings. The van der Waals surface area contributed by atoms with Crippen molar-refractivity contribution in [3.05, 3.63) is 29.6 Å². The van der Waals surface area contributed by atoms with Crippen molar-refractivity contribution in [1.29, 1.82) is 0 Å². The molecule has 1 atom stereocenters. The molecule has 0 fully saturated rings. The Kier molecular flexibility index (Phi) is 3.48. The van der Waals surface area contributed by atoms with Gasteiger partial charge < -0.3 is 4.74 Å². The zero-order chi connectivity index (χ0) is 9.84. The first-order chi connectivity index (χ1) is 6.15. The quantitative estimate of drug-likeness (QED) is 0.445. The molecule has 0 aliphatic rings. The number of nitrogens with zero attached hydrogens (tertiary/aromatic N) is 1. The van der Waals surface area contributed by atoms with Crippen LogP contribution in [0.3, 0.4) is 0 Å². The monoisotopic (exact) mass is 239 g/mol. The minimum atomic E-state index is -0.449. The molecule has 0 aliphatic carbocycles. The molecule has 1 rings (SSSR count). The lowest BCUT2D eigenvalue weighted by molar-refractivity contribution is 0.0594. The van der Waals surface area contributed by atoms with Crippen LogP contribution in [0.5, 0.6) is 0 Å². The number of carbonyl (C=O) groups is 1. The second-order valence-corrected chi connectivity index (χ2v) is 3.36. The zero-order valence-electron chi connectivity index (χ0n) is 7.03. The molecule has 13 heavy (non-hydrogen) atoms. The molecule has 1 unspecified atom stereocenters. The molecule has 0 amide bonds. The van der Waals surface area contributed by atoms with Gasteiger partial charge in [0.2, 0.25) is 0 Å². The number of hydrogen-bond acceptors (Lipinski definition) is 3. The smallest absolute Gasteiger partial charge is 0.356 e. The molecule has 0 aromatic carbocycles. The number of aromatic nitrogens is 1. The van der Waals surface area contributed by atoms with Crippen molar-refractivity contribution in [3.63, 3.8) is 0 Å². The first kappa shape index (κ1) is 10.2. The van der Waals surface area contributed by atoms with Crippen LogP contribution in [-0.4, -0.2) is 25.9 Å². The van der Waals surface area contributed by atoms with Crippen LogP contribution in [0.25, 0.3) is 0 Å². The second-order valence-electron chi connectivity index (χ2n) is 2.37. The molecular formula is C8H7BBrNO2. The fraction of sp³-hybridized carbons (Fsp3) is 0.250. The van der Waals surface area contributed by atoms with Gasteiger partial charge in [0.25, 0.3) is 0 Å². The predicted molar refractivity (Wildman–Crippen MR) is 53.0 cm³/mol. The van der Waals surface area contributed by atoms with Gasteiger partial charge in [-0.25, -0.2) is 9.78 Å². The Morgan fingerprint density at radius 2 is 2.38 bits per heavy atom. The van der Waals surface area contributed by atoms with Gasteiger partial charge >= 0.3 is 5.97 Å². The number of hydrogen-bond donors (Lipinski definition) is 0. The highest BCUT2D eigenvalue weighted by Crippen LogP contribution is 2.17. The van der Waals surface area contributed by atoms with Crippen molar-refractivity contribution in [1.82, 2.24) is 4.98 Å². The van der Waals surface area contributed by atoms with Crippen LogP contribution in [0.2, 0.25) is 0 Å². The highest BCUT2D eigenvalue weighted by Gasteiger charge is 2.07. The van der Waals surface area contributed by atoms with E-state index < -0.39 is 5.97 Å². The fourth-order valence-electron chi connectivity index (χ4n) is 0.794. The molecule has 5 heteroatoms. The Labute approximate surface area is 86.0 Å². The van der Waals surface area contributed by atoms with Gasteiger partial charge in [-0.15, -0.1) is 0 Å². The molecule has 0 saturated heterocycles. The van der Waals surface area contributed by atoms with E-state index in [1.165, 1.54) is 13.3 Å². The van der Waals surface area contributed by atoms with Crippen molar-refractivity contribution in [2.75, 3.05) is 7.11 Å². The third-order valence-corrected chi connectivity index (χ3v) is 2.03. The zero-order valence-corrected chi connectivity index (χ0v) is 8.61. The average Bonchev–Trinajstić information content (AvgIpc) is 2.17. The van der Waals surface area contributed by atoms with Gasteiger partial charge in [0.15, 0.2) is 0 Å². The highest BCUT2D eigenvalue weighted by molar-refractivity contribution is 9.09. The number of methoxy groups -OCH3 is 1. The summed E-state index contributed by atoms with van der Waals surface area (Å²) in [5, 5.41) is 0. The van der Waals surface area contributed by atoms with Crippen molar-refractivity contribution < 1.29 is 9.53 Å². The first-order valence-electron chi connectivity index (χ1n) is 3.59. The van der Waals surface area contributed by atoms with Crippen LogP contribution < -0.4 is 0 Å². The van der Waals surface area contributed by atoms with Gasteiger partial charge in [-0.05, 0) is 11.6 Å². The maximum Gasteiger partial charge on any atom is 0.356 e. The molecule has 1 heterocycles. The molecule has 3 nitrogen and oxygen atoms in total. The number of pyridine rings is 1. The molecule has 66 valence electrons. The molecular weight excluding hydrogens is 233 g/mol. The van der Waals surface area contributed by atoms with Crippen LogP contribution in [0.1, 0.15) is 20.8 Å². The molecule has 0 saturated carbocycles. The Morgan fingerprint density at radius 1 is 1.69 bits per heavy atom. The lowest BCUT2D eigenvalue weighted by Gasteiger charge is -2.03. The predicted octanol–water partition coefficient (Wildman–Crippen LogP) is 1.43. The van der Waals surface area contributed by atoms with Crippen LogP contribution in [0, 0.1) is 0 Å². The van der Waals surface area contributed by atoms with Crippen molar-refractivity contribution >= 4 is 29.7 Å². The topological polar surface area (TPSA) is 39.2 Å². The van der Waals surface area contributed by atoms with Crippen LogP contribution in [-0.2, 0) is 4.74 Å². The van der Waals surface area contributed by atoms with Gasteiger partial charge in [-0.3, -0.25) is 0 Å². The Balaban J connectivity index is 2.87. The fourth-order valence-corrected chi connectivity index (χ4v) is 1.06. The third kappa shape index (κ3) is 2.55. The van der Waals surface area contributed by atoms with E-state index in [4.69, 9.17) is 7.85 Å². The minimum Gasteiger partial charge on any atom is -0.464 e. The van der Waals surface area contributed by atoms with Crippen molar-refractivity contribution in [2.24, 2.45) is 0 Å². The van der Waals surface area contributed by atoms with E-state index in [-0.39, 0.29) is 10.4 Å². The normalized spacial score (nSPS) is 12.2. The van der Waals surface area contributed by atoms with E-state index in [0.717, 1.165) is 5.56 Å². The molecule has 0 bridgehead atoms. The van der Waals surface area contributed by atoms with E-state index in [1.807, 2.05) is 0 Å². The number of esters is 1. The summed E-state index contributed by atoms with van der Waals surface area (Å²) >= 11 is 3.18.